The van der Waals surface area contributed by atoms with E-state index in [9.17, 15) is 0 Å². The molecule has 0 spiro atoms. The van der Waals surface area contributed by atoms with Gasteiger partial charge >= 0.3 is 0 Å². The quantitative estimate of drug-likeness (QED) is 0.853. The first-order valence-electron chi connectivity index (χ1n) is 6.52. The topological polar surface area (TPSA) is 38.5 Å². The van der Waals surface area contributed by atoms with E-state index < -0.39 is 0 Å². The Labute approximate surface area is 124 Å². The van der Waals surface area contributed by atoms with Crippen LogP contribution in [0.4, 0.5) is 11.4 Å². The Balaban J connectivity index is 1.89. The molecular weight excluding hydrogens is 272 g/mol. The summed E-state index contributed by atoms with van der Waals surface area (Å²) < 4.78 is 5.74. The maximum atomic E-state index is 6.09. The van der Waals surface area contributed by atoms with Gasteiger partial charge in [-0.2, -0.15) is 0 Å². The van der Waals surface area contributed by atoms with Gasteiger partial charge in [0.25, 0.3) is 0 Å². The Morgan fingerprint density at radius 2 is 1.85 bits per heavy atom. The lowest BCUT2D eigenvalue weighted by molar-refractivity contribution is 0.326. The number of nitrogen functional groups attached to an aromatic ring is 1. The zero-order valence-electron chi connectivity index (χ0n) is 11.8. The van der Waals surface area contributed by atoms with E-state index in [1.165, 1.54) is 0 Å². The second-order valence-corrected chi connectivity index (χ2v) is 5.20. The number of hydrogen-bond donors (Lipinski definition) is 1. The molecule has 20 heavy (non-hydrogen) atoms. The van der Waals surface area contributed by atoms with Gasteiger partial charge in [0, 0.05) is 18.4 Å². The van der Waals surface area contributed by atoms with Gasteiger partial charge in [-0.15, -0.1) is 0 Å². The Morgan fingerprint density at radius 3 is 2.55 bits per heavy atom. The number of nitrogens with two attached hydrogens (primary N) is 1. The molecule has 106 valence electrons. The summed E-state index contributed by atoms with van der Waals surface area (Å²) in [6.07, 6.45) is 0. The van der Waals surface area contributed by atoms with E-state index in [1.807, 2.05) is 56.4 Å². The minimum Gasteiger partial charge on any atom is -0.490 e. The molecule has 0 bridgehead atoms. The number of likely N-dealkylation sites (N-methyl/N-ethyl adjacent to an activating group) is 1. The monoisotopic (exact) mass is 290 g/mol. The summed E-state index contributed by atoms with van der Waals surface area (Å²) in [6, 6.07) is 13.6. The van der Waals surface area contributed by atoms with E-state index in [1.54, 1.807) is 0 Å². The van der Waals surface area contributed by atoms with Gasteiger partial charge in [0.05, 0.1) is 11.6 Å². The Kier molecular flexibility index (Phi) is 4.74. The van der Waals surface area contributed by atoms with Crippen LogP contribution in [0.1, 0.15) is 5.56 Å². The van der Waals surface area contributed by atoms with Crippen molar-refractivity contribution in [1.29, 1.82) is 0 Å². The Morgan fingerprint density at radius 1 is 1.15 bits per heavy atom. The Bertz CT molecular complexity index is 569. The lowest BCUT2D eigenvalue weighted by Gasteiger charge is -2.20. The first kappa shape index (κ1) is 14.5. The third kappa shape index (κ3) is 3.81. The SMILES string of the molecule is Cc1ccc(Cl)c(OCCN(C)c2ccc(N)cc2)c1. The Hall–Kier alpha value is -1.87. The standard InChI is InChI=1S/C16H19ClN2O/c1-12-3-8-15(17)16(11-12)20-10-9-19(2)14-6-4-13(18)5-7-14/h3-8,11H,9-10,18H2,1-2H3. The van der Waals surface area contributed by atoms with Gasteiger partial charge in [-0.25, -0.2) is 0 Å². The van der Waals surface area contributed by atoms with Gasteiger partial charge in [-0.05, 0) is 48.9 Å². The van der Waals surface area contributed by atoms with E-state index in [2.05, 4.69) is 4.90 Å². The first-order valence-corrected chi connectivity index (χ1v) is 6.89. The molecule has 0 atom stereocenters. The van der Waals surface area contributed by atoms with Crippen LogP contribution in [0.5, 0.6) is 5.75 Å². The van der Waals surface area contributed by atoms with Crippen LogP contribution in [0.2, 0.25) is 5.02 Å². The molecule has 0 heterocycles. The minimum atomic E-state index is 0.573. The maximum absolute atomic E-state index is 6.09. The third-order valence-electron chi connectivity index (χ3n) is 3.10. The van der Waals surface area contributed by atoms with E-state index in [0.717, 1.165) is 29.2 Å². The van der Waals surface area contributed by atoms with Crippen LogP contribution < -0.4 is 15.4 Å². The molecule has 4 heteroatoms. The molecule has 2 rings (SSSR count). The highest BCUT2D eigenvalue weighted by molar-refractivity contribution is 6.32. The van der Waals surface area contributed by atoms with Crippen molar-refractivity contribution >= 4 is 23.0 Å². The van der Waals surface area contributed by atoms with E-state index >= 15 is 0 Å². The molecule has 0 saturated heterocycles. The number of ether oxygens (including phenoxy) is 1. The first-order chi connectivity index (χ1) is 9.56. The fourth-order valence-corrected chi connectivity index (χ4v) is 2.04. The van der Waals surface area contributed by atoms with Crippen LogP contribution in [0.15, 0.2) is 42.5 Å². The molecule has 0 amide bonds. The van der Waals surface area contributed by atoms with Crippen molar-refractivity contribution in [3.05, 3.63) is 53.1 Å². The van der Waals surface area contributed by atoms with Gasteiger partial charge in [0.1, 0.15) is 12.4 Å². The van der Waals surface area contributed by atoms with Crippen LogP contribution in [0.3, 0.4) is 0 Å². The number of nitrogens with zero attached hydrogens (tertiary/aromatic N) is 1. The van der Waals surface area contributed by atoms with Gasteiger partial charge in [0.2, 0.25) is 0 Å². The van der Waals surface area contributed by atoms with Crippen molar-refractivity contribution in [2.75, 3.05) is 30.8 Å². The largest absolute Gasteiger partial charge is 0.490 e. The fourth-order valence-electron chi connectivity index (χ4n) is 1.87. The van der Waals surface area contributed by atoms with Crippen molar-refractivity contribution in [1.82, 2.24) is 0 Å². The number of benzene rings is 2. The molecule has 0 aliphatic carbocycles. The summed E-state index contributed by atoms with van der Waals surface area (Å²) in [4.78, 5) is 2.11. The van der Waals surface area contributed by atoms with Crippen LogP contribution in [-0.2, 0) is 0 Å². The van der Waals surface area contributed by atoms with Crippen LogP contribution >= 0.6 is 11.6 Å². The van der Waals surface area contributed by atoms with Gasteiger partial charge in [0.15, 0.2) is 0 Å². The highest BCUT2D eigenvalue weighted by atomic mass is 35.5. The van der Waals surface area contributed by atoms with Crippen molar-refractivity contribution in [3.63, 3.8) is 0 Å². The van der Waals surface area contributed by atoms with E-state index in [4.69, 9.17) is 22.1 Å². The molecule has 0 saturated carbocycles. The predicted octanol–water partition coefficient (Wildman–Crippen LogP) is 3.75. The second kappa shape index (κ2) is 6.53. The maximum Gasteiger partial charge on any atom is 0.138 e. The fraction of sp³-hybridized carbons (Fsp3) is 0.250. The van der Waals surface area contributed by atoms with Gasteiger partial charge < -0.3 is 15.4 Å². The normalized spacial score (nSPS) is 10.3. The average Bonchev–Trinajstić information content (AvgIpc) is 2.43. The molecular formula is C16H19ClN2O. The number of anilines is 2. The number of rotatable bonds is 5. The van der Waals surface area contributed by atoms with Crippen molar-refractivity contribution in [3.8, 4) is 5.75 Å². The lowest BCUT2D eigenvalue weighted by Crippen LogP contribution is -2.23. The van der Waals surface area contributed by atoms with Gasteiger partial charge in [-0.1, -0.05) is 17.7 Å². The van der Waals surface area contributed by atoms with Crippen LogP contribution in [0, 0.1) is 6.92 Å². The van der Waals surface area contributed by atoms with Crippen LogP contribution in [0.25, 0.3) is 0 Å². The zero-order valence-corrected chi connectivity index (χ0v) is 12.5. The average molecular weight is 291 g/mol. The molecule has 2 aromatic carbocycles. The third-order valence-corrected chi connectivity index (χ3v) is 3.42. The highest BCUT2D eigenvalue weighted by Crippen LogP contribution is 2.25. The molecule has 3 nitrogen and oxygen atoms in total. The smallest absolute Gasteiger partial charge is 0.138 e. The molecule has 0 unspecified atom stereocenters. The minimum absolute atomic E-state index is 0.573. The number of hydrogen-bond acceptors (Lipinski definition) is 3. The molecule has 2 N–H and O–H groups in total. The molecule has 2 aromatic rings. The lowest BCUT2D eigenvalue weighted by atomic mass is 10.2. The summed E-state index contributed by atoms with van der Waals surface area (Å²) in [6.45, 7) is 3.36. The molecule has 0 radical (unpaired) electrons. The van der Waals surface area contributed by atoms with E-state index in [-0.39, 0.29) is 0 Å². The molecule has 0 fully saturated rings. The summed E-state index contributed by atoms with van der Waals surface area (Å²) in [5.41, 5.74) is 8.69. The molecule has 0 aromatic heterocycles. The van der Waals surface area contributed by atoms with E-state index in [0.29, 0.717) is 11.6 Å². The number of halogens is 1. The van der Waals surface area contributed by atoms with Crippen LogP contribution in [-0.4, -0.2) is 20.2 Å². The highest BCUT2D eigenvalue weighted by Gasteiger charge is 2.04. The summed E-state index contributed by atoms with van der Waals surface area (Å²) in [7, 11) is 2.02. The molecule has 0 aliphatic heterocycles. The summed E-state index contributed by atoms with van der Waals surface area (Å²) in [5.74, 6) is 0.734. The summed E-state index contributed by atoms with van der Waals surface area (Å²) >= 11 is 6.09. The van der Waals surface area contributed by atoms with Crippen molar-refractivity contribution in [2.45, 2.75) is 6.92 Å². The number of aryl methyl sites for hydroxylation is 1. The van der Waals surface area contributed by atoms with Crippen molar-refractivity contribution < 1.29 is 4.74 Å². The second-order valence-electron chi connectivity index (χ2n) is 4.80. The van der Waals surface area contributed by atoms with Crippen molar-refractivity contribution in [2.24, 2.45) is 0 Å². The van der Waals surface area contributed by atoms with Gasteiger partial charge in [-0.3, -0.25) is 0 Å². The molecule has 0 aliphatic rings. The summed E-state index contributed by atoms with van der Waals surface area (Å²) in [5, 5.41) is 0.644. The zero-order chi connectivity index (χ0) is 14.5. The predicted molar refractivity (Wildman–Crippen MR) is 85.8 cm³/mol.